The highest BCUT2D eigenvalue weighted by atomic mass is 32.1. The Balaban J connectivity index is 1.41. The number of hydrogen-bond donors (Lipinski definition) is 1. The van der Waals surface area contributed by atoms with Crippen LogP contribution in [0.4, 0.5) is 0 Å². The minimum atomic E-state index is -0.789. The van der Waals surface area contributed by atoms with Gasteiger partial charge in [-0.15, -0.1) is 11.3 Å². The fraction of sp³-hybridized carbons (Fsp3) is 0.250. The number of carbonyl (C=O) groups excluding carboxylic acids is 2. The van der Waals surface area contributed by atoms with Gasteiger partial charge in [-0.1, -0.05) is 18.2 Å². The number of ether oxygens (including phenoxy) is 1. The minimum absolute atomic E-state index is 0.208. The Bertz CT molecular complexity index is 1440. The van der Waals surface area contributed by atoms with Crippen molar-refractivity contribution in [2.45, 2.75) is 33.4 Å². The molecule has 4 aromatic rings. The fourth-order valence-electron chi connectivity index (χ4n) is 3.86. The monoisotopic (exact) mass is 465 g/mol. The zero-order valence-electron chi connectivity index (χ0n) is 18.3. The Morgan fingerprint density at radius 1 is 1.06 bits per heavy atom. The van der Waals surface area contributed by atoms with Gasteiger partial charge in [-0.25, -0.2) is 4.68 Å². The van der Waals surface area contributed by atoms with E-state index in [1.165, 1.54) is 17.0 Å². The van der Waals surface area contributed by atoms with Crippen LogP contribution in [0.15, 0.2) is 57.4 Å². The molecule has 8 nitrogen and oxygen atoms in total. The van der Waals surface area contributed by atoms with E-state index in [9.17, 15) is 19.2 Å². The predicted octanol–water partition coefficient (Wildman–Crippen LogP) is 2.84. The number of esters is 1. The third-order valence-corrected chi connectivity index (χ3v) is 6.51. The summed E-state index contributed by atoms with van der Waals surface area (Å²) in [7, 11) is 0. The summed E-state index contributed by atoms with van der Waals surface area (Å²) in [5.74, 6) is -1.11. The van der Waals surface area contributed by atoms with Crippen LogP contribution in [0.25, 0.3) is 10.8 Å². The summed E-state index contributed by atoms with van der Waals surface area (Å²) < 4.78 is 8.09. The lowest BCUT2D eigenvalue weighted by atomic mass is 10.1. The van der Waals surface area contributed by atoms with Gasteiger partial charge < -0.3 is 9.30 Å². The largest absolute Gasteiger partial charge is 0.456 e. The number of thiophene rings is 1. The normalized spacial score (nSPS) is 11.1. The number of H-pyrrole nitrogens is 1. The van der Waals surface area contributed by atoms with Crippen molar-refractivity contribution in [3.63, 3.8) is 0 Å². The van der Waals surface area contributed by atoms with Crippen LogP contribution in [0.5, 0.6) is 0 Å². The van der Waals surface area contributed by atoms with E-state index < -0.39 is 30.2 Å². The van der Waals surface area contributed by atoms with E-state index in [2.05, 4.69) is 15.7 Å². The number of aromatic amines is 1. The lowest BCUT2D eigenvalue weighted by Gasteiger charge is -2.09. The third-order valence-electron chi connectivity index (χ3n) is 5.57. The number of hydrogen-bond acceptors (Lipinski definition) is 6. The fourth-order valence-corrected chi connectivity index (χ4v) is 4.56. The van der Waals surface area contributed by atoms with Crippen molar-refractivity contribution in [1.82, 2.24) is 14.3 Å². The first-order valence-electron chi connectivity index (χ1n) is 10.4. The first-order valence-corrected chi connectivity index (χ1v) is 11.3. The van der Waals surface area contributed by atoms with Crippen LogP contribution >= 0.6 is 11.3 Å². The van der Waals surface area contributed by atoms with Gasteiger partial charge in [0.05, 0.1) is 10.8 Å². The summed E-state index contributed by atoms with van der Waals surface area (Å²) in [6.45, 7) is 3.62. The maximum absolute atomic E-state index is 12.7. The van der Waals surface area contributed by atoms with E-state index in [1.54, 1.807) is 29.5 Å². The molecule has 33 heavy (non-hydrogen) atoms. The Kier molecular flexibility index (Phi) is 6.41. The van der Waals surface area contributed by atoms with Crippen LogP contribution < -0.4 is 11.1 Å². The zero-order valence-corrected chi connectivity index (χ0v) is 19.1. The predicted molar refractivity (Wildman–Crippen MR) is 126 cm³/mol. The summed E-state index contributed by atoms with van der Waals surface area (Å²) in [6, 6.07) is 12.2. The number of nitrogens with one attached hydrogen (secondary N) is 1. The molecule has 0 unspecified atom stereocenters. The molecule has 9 heteroatoms. The van der Waals surface area contributed by atoms with Crippen molar-refractivity contribution in [2.24, 2.45) is 0 Å². The molecule has 4 rings (SSSR count). The molecule has 0 saturated carbocycles. The maximum atomic E-state index is 12.7. The number of carbonyl (C=O) groups is 2. The molecule has 1 N–H and O–H groups in total. The number of Topliss-reactive ketones (excluding diaryl/α,β-unsaturated/α-hetero) is 1. The number of nitrogens with zero attached hydrogens (tertiary/aromatic N) is 2. The molecule has 0 spiro atoms. The number of fused-ring (bicyclic) bond motifs is 1. The second-order valence-electron chi connectivity index (χ2n) is 7.73. The first-order chi connectivity index (χ1) is 15.8. The summed E-state index contributed by atoms with van der Waals surface area (Å²) in [5.41, 5.74) is 1.29. The van der Waals surface area contributed by atoms with Crippen molar-refractivity contribution in [3.05, 3.63) is 90.4 Å². The molecule has 170 valence electrons. The van der Waals surface area contributed by atoms with Gasteiger partial charge in [0.15, 0.2) is 6.61 Å². The molecule has 0 amide bonds. The highest BCUT2D eigenvalue weighted by molar-refractivity contribution is 7.09. The van der Waals surface area contributed by atoms with Gasteiger partial charge in [-0.05, 0) is 49.9 Å². The van der Waals surface area contributed by atoms with E-state index in [1.807, 2.05) is 25.3 Å². The summed E-state index contributed by atoms with van der Waals surface area (Å²) >= 11 is 1.70. The van der Waals surface area contributed by atoms with Crippen molar-refractivity contribution >= 4 is 33.9 Å². The second-order valence-corrected chi connectivity index (χ2v) is 8.76. The van der Waals surface area contributed by atoms with Crippen molar-refractivity contribution in [1.29, 1.82) is 0 Å². The van der Waals surface area contributed by atoms with Crippen molar-refractivity contribution in [2.75, 3.05) is 6.61 Å². The SMILES string of the molecule is Cc1cc(C(=O)COC(=O)Cn2[nH]c(=O)c3ccccc3c2=O)c(C)n1CCc1cccs1. The molecule has 1 aromatic carbocycles. The molecule has 0 saturated heterocycles. The van der Waals surface area contributed by atoms with E-state index in [0.29, 0.717) is 5.56 Å². The van der Waals surface area contributed by atoms with E-state index >= 15 is 0 Å². The van der Waals surface area contributed by atoms with Gasteiger partial charge in [-0.2, -0.15) is 0 Å². The molecule has 0 aliphatic heterocycles. The van der Waals surface area contributed by atoms with Crippen molar-refractivity contribution < 1.29 is 14.3 Å². The summed E-state index contributed by atoms with van der Waals surface area (Å²) in [6.07, 6.45) is 0.870. The molecule has 3 heterocycles. The van der Waals surface area contributed by atoms with Crippen LogP contribution in [0.2, 0.25) is 0 Å². The third kappa shape index (κ3) is 4.73. The van der Waals surface area contributed by atoms with Gasteiger partial charge in [-0.3, -0.25) is 24.3 Å². The van der Waals surface area contributed by atoms with Gasteiger partial charge in [0, 0.05) is 28.4 Å². The van der Waals surface area contributed by atoms with Gasteiger partial charge >= 0.3 is 5.97 Å². The quantitative estimate of drug-likeness (QED) is 0.318. The molecule has 0 atom stereocenters. The van der Waals surface area contributed by atoms with Crippen LogP contribution in [0, 0.1) is 13.8 Å². The standard InChI is InChI=1S/C24H23N3O5S/c1-15-12-20(16(2)26(15)10-9-17-6-5-11-33-17)21(28)14-32-22(29)13-27-24(31)19-8-4-3-7-18(19)23(30)25-27/h3-8,11-12H,9-10,13-14H2,1-2H3,(H,25,30). The topological polar surface area (TPSA) is 103 Å². The number of benzene rings is 1. The highest BCUT2D eigenvalue weighted by Gasteiger charge is 2.18. The zero-order chi connectivity index (χ0) is 23.5. The number of ketones is 1. The van der Waals surface area contributed by atoms with Crippen LogP contribution in [-0.4, -0.2) is 32.7 Å². The number of rotatable bonds is 8. The second kappa shape index (κ2) is 9.41. The van der Waals surface area contributed by atoms with Crippen LogP contribution in [-0.2, 0) is 29.0 Å². The van der Waals surface area contributed by atoms with E-state index in [-0.39, 0.29) is 16.6 Å². The van der Waals surface area contributed by atoms with E-state index in [0.717, 1.165) is 29.0 Å². The molecule has 0 bridgehead atoms. The van der Waals surface area contributed by atoms with E-state index in [4.69, 9.17) is 4.74 Å². The Morgan fingerprint density at radius 3 is 2.55 bits per heavy atom. The van der Waals surface area contributed by atoms with Gasteiger partial charge in [0.1, 0.15) is 6.54 Å². The van der Waals surface area contributed by atoms with Crippen LogP contribution in [0.1, 0.15) is 26.6 Å². The Morgan fingerprint density at radius 2 is 1.82 bits per heavy atom. The summed E-state index contributed by atoms with van der Waals surface area (Å²) in [5, 5.41) is 4.87. The average Bonchev–Trinajstić information content (AvgIpc) is 3.42. The lowest BCUT2D eigenvalue weighted by Crippen LogP contribution is -2.33. The number of aryl methyl sites for hydroxylation is 2. The van der Waals surface area contributed by atoms with Gasteiger partial charge in [0.25, 0.3) is 11.1 Å². The molecule has 0 aliphatic carbocycles. The molecule has 0 aliphatic rings. The minimum Gasteiger partial charge on any atom is -0.456 e. The molecular formula is C24H23N3O5S. The molecular weight excluding hydrogens is 442 g/mol. The highest BCUT2D eigenvalue weighted by Crippen LogP contribution is 2.18. The number of aromatic nitrogens is 3. The summed E-state index contributed by atoms with van der Waals surface area (Å²) in [4.78, 5) is 50.9. The van der Waals surface area contributed by atoms with Crippen LogP contribution in [0.3, 0.4) is 0 Å². The Labute approximate surface area is 193 Å². The van der Waals surface area contributed by atoms with Crippen molar-refractivity contribution in [3.8, 4) is 0 Å². The van der Waals surface area contributed by atoms with Gasteiger partial charge in [0.2, 0.25) is 5.78 Å². The molecule has 0 radical (unpaired) electrons. The first kappa shape index (κ1) is 22.5. The molecule has 3 aromatic heterocycles. The Hall–Kier alpha value is -3.72. The smallest absolute Gasteiger partial charge is 0.328 e. The lowest BCUT2D eigenvalue weighted by molar-refractivity contribution is -0.143. The maximum Gasteiger partial charge on any atom is 0.328 e. The molecule has 0 fully saturated rings. The average molecular weight is 466 g/mol.